The molecule has 0 aliphatic rings. The summed E-state index contributed by atoms with van der Waals surface area (Å²) in [6.07, 6.45) is 0. The van der Waals surface area contributed by atoms with Gasteiger partial charge in [-0.3, -0.25) is 0 Å². The van der Waals surface area contributed by atoms with Crippen LogP contribution in [0.4, 0.5) is 0 Å². The molecule has 0 N–H and O–H groups in total. The van der Waals surface area contributed by atoms with Crippen molar-refractivity contribution in [2.75, 3.05) is 7.11 Å². The van der Waals surface area contributed by atoms with E-state index >= 15 is 0 Å². The summed E-state index contributed by atoms with van der Waals surface area (Å²) in [5.41, 5.74) is 0. The van der Waals surface area contributed by atoms with Crippen LogP contribution >= 0.6 is 0 Å². The molecule has 1 nitrogen and oxygen atoms in total. The van der Waals surface area contributed by atoms with Crippen molar-refractivity contribution in [2.45, 2.75) is 0 Å². The van der Waals surface area contributed by atoms with Gasteiger partial charge in [-0.1, -0.05) is 0 Å². The number of hydrogen-bond donors (Lipinski definition) is 0. The van der Waals surface area contributed by atoms with Gasteiger partial charge in [-0.2, -0.15) is 0 Å². The Labute approximate surface area is 165 Å². The fraction of sp³-hybridized carbons (Fsp3) is 0.0400. The topological polar surface area (TPSA) is 9.23 Å². The Bertz CT molecular complexity index is 901. The van der Waals surface area contributed by atoms with Gasteiger partial charge in [0.25, 0.3) is 0 Å². The molecule has 132 valence electrons. The minimum absolute atomic E-state index is 0.982. The molecule has 0 bridgehead atoms. The Morgan fingerprint density at radius 3 is 1.26 bits per heavy atom. The van der Waals surface area contributed by atoms with E-state index in [1.165, 1.54) is 12.5 Å². The van der Waals surface area contributed by atoms with Gasteiger partial charge in [-0.15, -0.1) is 0 Å². The molecule has 0 aromatic heterocycles. The van der Waals surface area contributed by atoms with E-state index in [0.29, 0.717) is 0 Å². The average molecular weight is 546 g/mol. The SMILES string of the molecule is COc1cccc[c]1[Pb]([c]1ccccc1)([c]1ccccc1)[c]1ccccc1. The third-order valence-corrected chi connectivity index (χ3v) is 23.9. The van der Waals surface area contributed by atoms with Crippen LogP contribution in [0.2, 0.25) is 0 Å². The van der Waals surface area contributed by atoms with Crippen molar-refractivity contribution < 1.29 is 4.74 Å². The van der Waals surface area contributed by atoms with Crippen molar-refractivity contribution >= 4 is 33.7 Å². The third-order valence-electron chi connectivity index (χ3n) is 5.13. The summed E-state index contributed by atoms with van der Waals surface area (Å²) >= 11 is -3.71. The predicted octanol–water partition coefficient (Wildman–Crippen LogP) is 3.07. The molecule has 0 saturated carbocycles. The van der Waals surface area contributed by atoms with Gasteiger partial charge in [0.05, 0.1) is 0 Å². The number of rotatable bonds is 5. The Hall–Kier alpha value is -2.40. The molecule has 0 spiro atoms. The molecule has 0 unspecified atom stereocenters. The van der Waals surface area contributed by atoms with Crippen LogP contribution < -0.4 is 17.2 Å². The summed E-state index contributed by atoms with van der Waals surface area (Å²) in [6.45, 7) is 0. The fourth-order valence-electron chi connectivity index (χ4n) is 3.99. The number of ether oxygens (including phenoxy) is 1. The van der Waals surface area contributed by atoms with Gasteiger partial charge in [0, 0.05) is 0 Å². The van der Waals surface area contributed by atoms with Crippen LogP contribution in [0.15, 0.2) is 115 Å². The monoisotopic (exact) mass is 546 g/mol. The van der Waals surface area contributed by atoms with Gasteiger partial charge in [0.15, 0.2) is 0 Å². The number of benzene rings is 4. The molecule has 0 saturated heterocycles. The summed E-state index contributed by atoms with van der Waals surface area (Å²) in [5.74, 6) is 0.982. The van der Waals surface area contributed by atoms with Gasteiger partial charge in [-0.25, -0.2) is 0 Å². The summed E-state index contributed by atoms with van der Waals surface area (Å²) < 4.78 is 11.5. The van der Waals surface area contributed by atoms with Crippen LogP contribution in [0.1, 0.15) is 0 Å². The van der Waals surface area contributed by atoms with Crippen molar-refractivity contribution in [2.24, 2.45) is 0 Å². The first kappa shape index (κ1) is 18.0. The van der Waals surface area contributed by atoms with Crippen molar-refractivity contribution in [1.82, 2.24) is 0 Å². The van der Waals surface area contributed by atoms with Gasteiger partial charge in [0.2, 0.25) is 0 Å². The Kier molecular flexibility index (Phi) is 5.39. The molecule has 4 aromatic carbocycles. The number of methoxy groups -OCH3 is 1. The van der Waals surface area contributed by atoms with E-state index in [0.717, 1.165) is 5.75 Å². The van der Waals surface area contributed by atoms with E-state index in [-0.39, 0.29) is 0 Å². The van der Waals surface area contributed by atoms with Gasteiger partial charge >= 0.3 is 167 Å². The normalized spacial score (nSPS) is 11.1. The van der Waals surface area contributed by atoms with E-state index in [2.05, 4.69) is 115 Å². The molecule has 0 amide bonds. The van der Waals surface area contributed by atoms with Crippen molar-refractivity contribution in [1.29, 1.82) is 0 Å². The zero-order chi connectivity index (χ0) is 18.5. The summed E-state index contributed by atoms with van der Waals surface area (Å²) in [6, 6.07) is 41.6. The minimum atomic E-state index is -3.71. The second-order valence-corrected chi connectivity index (χ2v) is 21.2. The van der Waals surface area contributed by atoms with E-state index in [1.807, 2.05) is 0 Å². The average Bonchev–Trinajstić information content (AvgIpc) is 2.77. The molecule has 0 aliphatic heterocycles. The first-order valence-corrected chi connectivity index (χ1v) is 16.9. The zero-order valence-electron chi connectivity index (χ0n) is 15.4. The summed E-state index contributed by atoms with van der Waals surface area (Å²) in [5, 5.41) is 0. The quantitative estimate of drug-likeness (QED) is 0.351. The second-order valence-electron chi connectivity index (χ2n) is 6.55. The van der Waals surface area contributed by atoms with Crippen LogP contribution in [0, 0.1) is 0 Å². The predicted molar refractivity (Wildman–Crippen MR) is 117 cm³/mol. The van der Waals surface area contributed by atoms with Crippen molar-refractivity contribution in [3.8, 4) is 5.75 Å². The molecule has 2 heteroatoms. The maximum atomic E-state index is 5.87. The van der Waals surface area contributed by atoms with E-state index < -0.39 is 21.2 Å². The first-order chi connectivity index (χ1) is 13.4. The Balaban J connectivity index is 2.17. The fourth-order valence-corrected chi connectivity index (χ4v) is 23.1. The van der Waals surface area contributed by atoms with Crippen LogP contribution in [0.25, 0.3) is 0 Å². The van der Waals surface area contributed by atoms with Gasteiger partial charge in [-0.05, 0) is 0 Å². The molecular formula is C25H22OPb. The first-order valence-electron chi connectivity index (χ1n) is 9.17. The number of para-hydroxylation sites is 1. The molecule has 0 radical (unpaired) electrons. The van der Waals surface area contributed by atoms with Crippen LogP contribution in [0.5, 0.6) is 5.75 Å². The van der Waals surface area contributed by atoms with E-state index in [9.17, 15) is 0 Å². The maximum absolute atomic E-state index is 5.87. The molecule has 0 heterocycles. The molecule has 4 rings (SSSR count). The van der Waals surface area contributed by atoms with Crippen LogP contribution in [-0.2, 0) is 0 Å². The summed E-state index contributed by atoms with van der Waals surface area (Å²) in [4.78, 5) is 0. The molecule has 0 fully saturated rings. The summed E-state index contributed by atoms with van der Waals surface area (Å²) in [7, 11) is 1.78. The van der Waals surface area contributed by atoms with Crippen molar-refractivity contribution in [3.05, 3.63) is 115 Å². The molecule has 0 atom stereocenters. The third kappa shape index (κ3) is 3.21. The second kappa shape index (κ2) is 8.09. The Morgan fingerprint density at radius 2 is 0.852 bits per heavy atom. The molecular weight excluding hydrogens is 523 g/mol. The van der Waals surface area contributed by atoms with Crippen LogP contribution in [-0.4, -0.2) is 28.3 Å². The number of hydrogen-bond acceptors (Lipinski definition) is 1. The van der Waals surface area contributed by atoms with E-state index in [1.54, 1.807) is 7.11 Å². The molecule has 0 aliphatic carbocycles. The van der Waals surface area contributed by atoms with Crippen molar-refractivity contribution in [3.63, 3.8) is 0 Å². The van der Waals surface area contributed by atoms with Crippen LogP contribution in [0.3, 0.4) is 0 Å². The van der Waals surface area contributed by atoms with Gasteiger partial charge in [0.1, 0.15) is 0 Å². The molecule has 27 heavy (non-hydrogen) atoms. The molecule has 4 aromatic rings. The van der Waals surface area contributed by atoms with Gasteiger partial charge < -0.3 is 0 Å². The Morgan fingerprint density at radius 1 is 0.481 bits per heavy atom. The zero-order valence-corrected chi connectivity index (χ0v) is 19.3. The standard InChI is InChI=1S/C7H7O.3C6H5.Pb/c1-8-7-5-3-2-4-6-7;3*1-2-4-6-5-3-1;/h2-5H,1H3;3*1-5H;. The van der Waals surface area contributed by atoms with E-state index in [4.69, 9.17) is 4.74 Å².